The van der Waals surface area contributed by atoms with Crippen LogP contribution in [0.3, 0.4) is 0 Å². The summed E-state index contributed by atoms with van der Waals surface area (Å²) in [4.78, 5) is 25.7. The first-order valence-corrected chi connectivity index (χ1v) is 8.04. The van der Waals surface area contributed by atoms with Gasteiger partial charge in [0.1, 0.15) is 0 Å². The molecule has 4 nitrogen and oxygen atoms in total. The Hall–Kier alpha value is -1.36. The number of hydrazine groups is 1. The van der Waals surface area contributed by atoms with Crippen LogP contribution >= 0.6 is 11.3 Å². The van der Waals surface area contributed by atoms with E-state index >= 15 is 0 Å². The highest BCUT2D eigenvalue weighted by Crippen LogP contribution is 2.32. The van der Waals surface area contributed by atoms with Crippen LogP contribution in [0.4, 0.5) is 0 Å². The first-order chi connectivity index (χ1) is 9.51. The number of fused-ring (bicyclic) bond motifs is 1. The lowest BCUT2D eigenvalue weighted by molar-refractivity contribution is -0.125. The molecule has 0 bridgehead atoms. The lowest BCUT2D eigenvalue weighted by Gasteiger charge is -2.16. The summed E-state index contributed by atoms with van der Waals surface area (Å²) in [6, 6.07) is 1.97. The van der Waals surface area contributed by atoms with Crippen molar-refractivity contribution in [2.45, 2.75) is 46.5 Å². The van der Waals surface area contributed by atoms with Crippen molar-refractivity contribution < 1.29 is 9.59 Å². The molecule has 5 heteroatoms. The van der Waals surface area contributed by atoms with Gasteiger partial charge in [-0.15, -0.1) is 11.3 Å². The van der Waals surface area contributed by atoms with Crippen LogP contribution in [-0.4, -0.2) is 11.8 Å². The molecule has 0 fully saturated rings. The SMILES string of the molecule is CCC(C)C(=O)NNC(=O)c1cc2c(s1)CCC(C)C2. The zero-order valence-corrected chi connectivity index (χ0v) is 13.1. The van der Waals surface area contributed by atoms with Gasteiger partial charge in [-0.2, -0.15) is 0 Å². The minimum absolute atomic E-state index is 0.0901. The van der Waals surface area contributed by atoms with Crippen molar-refractivity contribution in [3.05, 3.63) is 21.4 Å². The number of nitrogens with one attached hydrogen (secondary N) is 2. The summed E-state index contributed by atoms with van der Waals surface area (Å²) < 4.78 is 0. The average Bonchev–Trinajstić information content (AvgIpc) is 2.86. The summed E-state index contributed by atoms with van der Waals surface area (Å²) in [7, 11) is 0. The molecule has 110 valence electrons. The fraction of sp³-hybridized carbons (Fsp3) is 0.600. The van der Waals surface area contributed by atoms with Crippen molar-refractivity contribution in [1.82, 2.24) is 10.9 Å². The number of hydrogen-bond acceptors (Lipinski definition) is 3. The van der Waals surface area contributed by atoms with Crippen molar-refractivity contribution in [2.24, 2.45) is 11.8 Å². The molecule has 2 atom stereocenters. The molecule has 0 radical (unpaired) electrons. The highest BCUT2D eigenvalue weighted by Gasteiger charge is 2.21. The number of amides is 2. The Balaban J connectivity index is 1.95. The van der Waals surface area contributed by atoms with Crippen LogP contribution in [0.2, 0.25) is 0 Å². The Morgan fingerprint density at radius 3 is 2.90 bits per heavy atom. The van der Waals surface area contributed by atoms with Gasteiger partial charge < -0.3 is 0 Å². The van der Waals surface area contributed by atoms with Gasteiger partial charge in [0.25, 0.3) is 5.91 Å². The quantitative estimate of drug-likeness (QED) is 0.842. The smallest absolute Gasteiger partial charge is 0.273 e. The molecule has 2 amide bonds. The molecular formula is C15H22N2O2S. The monoisotopic (exact) mass is 294 g/mol. The number of hydrogen-bond donors (Lipinski definition) is 2. The van der Waals surface area contributed by atoms with E-state index in [1.54, 1.807) is 11.3 Å². The van der Waals surface area contributed by atoms with Crippen molar-refractivity contribution in [3.63, 3.8) is 0 Å². The fourth-order valence-corrected chi connectivity index (χ4v) is 3.41. The minimum Gasteiger partial charge on any atom is -0.273 e. The molecule has 2 N–H and O–H groups in total. The Labute approximate surface area is 123 Å². The predicted octanol–water partition coefficient (Wildman–Crippen LogP) is 2.68. The molecule has 2 unspecified atom stereocenters. The fourth-order valence-electron chi connectivity index (χ4n) is 2.31. The zero-order valence-electron chi connectivity index (χ0n) is 12.3. The van der Waals surface area contributed by atoms with Crippen LogP contribution in [0.15, 0.2) is 6.07 Å². The maximum atomic E-state index is 12.0. The summed E-state index contributed by atoms with van der Waals surface area (Å²) in [5.74, 6) is 0.246. The minimum atomic E-state index is -0.214. The topological polar surface area (TPSA) is 58.2 Å². The van der Waals surface area contributed by atoms with E-state index in [2.05, 4.69) is 17.8 Å². The molecule has 2 rings (SSSR count). The molecule has 1 aromatic heterocycles. The van der Waals surface area contributed by atoms with Crippen molar-refractivity contribution in [2.75, 3.05) is 0 Å². The summed E-state index contributed by atoms with van der Waals surface area (Å²) in [5.41, 5.74) is 6.29. The Morgan fingerprint density at radius 2 is 2.20 bits per heavy atom. The molecule has 1 aliphatic carbocycles. The third kappa shape index (κ3) is 3.39. The van der Waals surface area contributed by atoms with E-state index in [1.807, 2.05) is 19.9 Å². The van der Waals surface area contributed by atoms with Crippen LogP contribution in [-0.2, 0) is 17.6 Å². The Bertz CT molecular complexity index is 510. The van der Waals surface area contributed by atoms with Gasteiger partial charge in [-0.05, 0) is 43.2 Å². The van der Waals surface area contributed by atoms with Gasteiger partial charge >= 0.3 is 0 Å². The van der Waals surface area contributed by atoms with Gasteiger partial charge in [-0.3, -0.25) is 20.4 Å². The highest BCUT2D eigenvalue weighted by molar-refractivity contribution is 7.14. The lowest BCUT2D eigenvalue weighted by atomic mass is 9.90. The maximum absolute atomic E-state index is 12.0. The number of carbonyl (C=O) groups excluding carboxylic acids is 2. The molecule has 0 aromatic carbocycles. The predicted molar refractivity (Wildman–Crippen MR) is 80.6 cm³/mol. The third-order valence-electron chi connectivity index (χ3n) is 3.91. The van der Waals surface area contributed by atoms with Crippen LogP contribution in [0, 0.1) is 11.8 Å². The number of rotatable bonds is 3. The molecule has 0 aliphatic heterocycles. The second-order valence-corrected chi connectivity index (χ2v) is 6.80. The van der Waals surface area contributed by atoms with E-state index in [4.69, 9.17) is 0 Å². The standard InChI is InChI=1S/C15H22N2O2S/c1-4-10(3)14(18)16-17-15(19)13-8-11-7-9(2)5-6-12(11)20-13/h8-10H,4-7H2,1-3H3,(H,16,18)(H,17,19). The molecule has 0 saturated heterocycles. The van der Waals surface area contributed by atoms with Crippen LogP contribution in [0.5, 0.6) is 0 Å². The molecule has 0 saturated carbocycles. The van der Waals surface area contributed by atoms with Crippen LogP contribution in [0.1, 0.15) is 53.7 Å². The first kappa shape index (κ1) is 15.0. The largest absolute Gasteiger partial charge is 0.279 e. The number of thiophene rings is 1. The second kappa shape index (κ2) is 6.39. The van der Waals surface area contributed by atoms with Gasteiger partial charge in [0.15, 0.2) is 0 Å². The van der Waals surface area contributed by atoms with E-state index in [0.717, 1.165) is 19.3 Å². The van der Waals surface area contributed by atoms with Gasteiger partial charge in [-0.25, -0.2) is 0 Å². The van der Waals surface area contributed by atoms with E-state index in [-0.39, 0.29) is 17.7 Å². The average molecular weight is 294 g/mol. The van der Waals surface area contributed by atoms with Crippen molar-refractivity contribution in [3.8, 4) is 0 Å². The Kier molecular flexibility index (Phi) is 4.81. The summed E-state index contributed by atoms with van der Waals surface area (Å²) in [6.07, 6.45) is 4.07. The third-order valence-corrected chi connectivity index (χ3v) is 5.15. The normalized spacial score (nSPS) is 19.1. The van der Waals surface area contributed by atoms with E-state index in [1.165, 1.54) is 16.9 Å². The molecular weight excluding hydrogens is 272 g/mol. The summed E-state index contributed by atoms with van der Waals surface area (Å²) in [5, 5.41) is 0. The molecule has 1 aromatic rings. The Morgan fingerprint density at radius 1 is 1.45 bits per heavy atom. The molecule has 20 heavy (non-hydrogen) atoms. The van der Waals surface area contributed by atoms with E-state index < -0.39 is 0 Å². The van der Waals surface area contributed by atoms with Crippen molar-refractivity contribution in [1.29, 1.82) is 0 Å². The van der Waals surface area contributed by atoms with Gasteiger partial charge in [0, 0.05) is 10.8 Å². The maximum Gasteiger partial charge on any atom is 0.279 e. The first-order valence-electron chi connectivity index (χ1n) is 7.23. The molecule has 1 heterocycles. The van der Waals surface area contributed by atoms with E-state index in [9.17, 15) is 9.59 Å². The highest BCUT2D eigenvalue weighted by atomic mass is 32.1. The second-order valence-electron chi connectivity index (χ2n) is 5.66. The van der Waals surface area contributed by atoms with E-state index in [0.29, 0.717) is 10.8 Å². The molecule has 0 spiro atoms. The van der Waals surface area contributed by atoms with Crippen LogP contribution in [0.25, 0.3) is 0 Å². The van der Waals surface area contributed by atoms with Gasteiger partial charge in [0.05, 0.1) is 4.88 Å². The number of carbonyl (C=O) groups is 2. The zero-order chi connectivity index (χ0) is 14.7. The van der Waals surface area contributed by atoms with Crippen molar-refractivity contribution >= 4 is 23.2 Å². The van der Waals surface area contributed by atoms with Crippen LogP contribution < -0.4 is 10.9 Å². The van der Waals surface area contributed by atoms with Gasteiger partial charge in [-0.1, -0.05) is 20.8 Å². The van der Waals surface area contributed by atoms with Gasteiger partial charge in [0.2, 0.25) is 5.91 Å². The number of aryl methyl sites for hydroxylation is 1. The summed E-state index contributed by atoms with van der Waals surface area (Å²) in [6.45, 7) is 6.03. The molecule has 1 aliphatic rings. The summed E-state index contributed by atoms with van der Waals surface area (Å²) >= 11 is 1.55. The lowest BCUT2D eigenvalue weighted by Crippen LogP contribution is -2.43.